The van der Waals surface area contributed by atoms with Gasteiger partial charge in [0.05, 0.1) is 0 Å². The summed E-state index contributed by atoms with van der Waals surface area (Å²) in [5, 5.41) is 19.9. The smallest absolute Gasteiger partial charge is 0.323 e. The fourth-order valence-corrected chi connectivity index (χ4v) is 3.04. The lowest BCUT2D eigenvalue weighted by Gasteiger charge is -2.31. The number of hydrogen-bond acceptors (Lipinski definition) is 6. The van der Waals surface area contributed by atoms with E-state index in [9.17, 15) is 14.7 Å². The number of ketones is 1. The van der Waals surface area contributed by atoms with E-state index in [-0.39, 0.29) is 23.5 Å². The first-order valence-electron chi connectivity index (χ1n) is 7.29. The van der Waals surface area contributed by atoms with Crippen molar-refractivity contribution in [2.45, 2.75) is 12.8 Å². The van der Waals surface area contributed by atoms with Gasteiger partial charge < -0.3 is 10.0 Å². The Morgan fingerprint density at radius 1 is 1.22 bits per heavy atom. The Bertz CT molecular complexity index is 679. The number of urea groups is 1. The van der Waals surface area contributed by atoms with Gasteiger partial charge in [-0.1, -0.05) is 11.3 Å². The van der Waals surface area contributed by atoms with E-state index in [0.29, 0.717) is 36.6 Å². The first kappa shape index (κ1) is 15.4. The number of phenolic OH excluding ortho intramolecular Hbond substituents is 1. The van der Waals surface area contributed by atoms with Crippen molar-refractivity contribution in [1.82, 2.24) is 15.1 Å². The SMILES string of the molecule is O=C(c1ccc(O)cc1)C1CCN(C(=O)Nc2nncs2)CC1. The van der Waals surface area contributed by atoms with Crippen LogP contribution in [-0.2, 0) is 0 Å². The number of phenols is 1. The summed E-state index contributed by atoms with van der Waals surface area (Å²) in [5.74, 6) is 0.115. The van der Waals surface area contributed by atoms with Crippen LogP contribution in [0.5, 0.6) is 5.75 Å². The number of aromatic hydroxyl groups is 1. The van der Waals surface area contributed by atoms with Crippen molar-refractivity contribution >= 4 is 28.3 Å². The van der Waals surface area contributed by atoms with Gasteiger partial charge in [-0.3, -0.25) is 10.1 Å². The number of carbonyl (C=O) groups is 2. The van der Waals surface area contributed by atoms with Crippen LogP contribution < -0.4 is 5.32 Å². The number of Topliss-reactive ketones (excluding diaryl/α,β-unsaturated/α-hetero) is 1. The molecule has 2 amide bonds. The highest BCUT2D eigenvalue weighted by atomic mass is 32.1. The van der Waals surface area contributed by atoms with Gasteiger partial charge in [0.2, 0.25) is 5.13 Å². The predicted molar refractivity (Wildman–Crippen MR) is 85.7 cm³/mol. The molecule has 1 aliphatic rings. The van der Waals surface area contributed by atoms with Crippen molar-refractivity contribution in [3.05, 3.63) is 35.3 Å². The van der Waals surface area contributed by atoms with Gasteiger partial charge in [-0.15, -0.1) is 10.2 Å². The number of aromatic nitrogens is 2. The number of nitrogens with one attached hydrogen (secondary N) is 1. The van der Waals surface area contributed by atoms with Crippen molar-refractivity contribution < 1.29 is 14.7 Å². The van der Waals surface area contributed by atoms with Crippen LogP contribution in [-0.4, -0.2) is 45.1 Å². The molecule has 0 saturated carbocycles. The van der Waals surface area contributed by atoms with E-state index >= 15 is 0 Å². The van der Waals surface area contributed by atoms with Crippen LogP contribution in [0.1, 0.15) is 23.2 Å². The van der Waals surface area contributed by atoms with Crippen molar-refractivity contribution in [3.63, 3.8) is 0 Å². The summed E-state index contributed by atoms with van der Waals surface area (Å²) >= 11 is 1.26. The molecule has 7 nitrogen and oxygen atoms in total. The number of likely N-dealkylation sites (tertiary alicyclic amines) is 1. The number of anilines is 1. The third kappa shape index (κ3) is 3.65. The summed E-state index contributed by atoms with van der Waals surface area (Å²) in [6.45, 7) is 1.05. The number of piperidine rings is 1. The number of carbonyl (C=O) groups excluding carboxylic acids is 2. The lowest BCUT2D eigenvalue weighted by atomic mass is 9.89. The summed E-state index contributed by atoms with van der Waals surface area (Å²) in [6, 6.07) is 6.08. The highest BCUT2D eigenvalue weighted by Gasteiger charge is 2.28. The highest BCUT2D eigenvalue weighted by Crippen LogP contribution is 2.23. The maximum absolute atomic E-state index is 12.4. The second-order valence-corrected chi connectivity index (χ2v) is 6.18. The van der Waals surface area contributed by atoms with Crippen LogP contribution in [0, 0.1) is 5.92 Å². The van der Waals surface area contributed by atoms with Crippen molar-refractivity contribution in [2.75, 3.05) is 18.4 Å². The largest absolute Gasteiger partial charge is 0.508 e. The lowest BCUT2D eigenvalue weighted by Crippen LogP contribution is -2.42. The first-order valence-corrected chi connectivity index (χ1v) is 8.17. The summed E-state index contributed by atoms with van der Waals surface area (Å²) in [5.41, 5.74) is 2.15. The van der Waals surface area contributed by atoms with Crippen molar-refractivity contribution in [2.24, 2.45) is 5.92 Å². The Balaban J connectivity index is 1.54. The minimum absolute atomic E-state index is 0.0641. The number of rotatable bonds is 3. The number of hydrogen-bond donors (Lipinski definition) is 2. The minimum Gasteiger partial charge on any atom is -0.508 e. The van der Waals surface area contributed by atoms with E-state index in [1.165, 1.54) is 23.5 Å². The topological polar surface area (TPSA) is 95.4 Å². The third-order valence-corrected chi connectivity index (χ3v) is 4.49. The van der Waals surface area contributed by atoms with E-state index < -0.39 is 0 Å². The molecule has 0 radical (unpaired) electrons. The molecule has 0 unspecified atom stereocenters. The van der Waals surface area contributed by atoms with Crippen molar-refractivity contribution in [1.29, 1.82) is 0 Å². The highest BCUT2D eigenvalue weighted by molar-refractivity contribution is 7.13. The van der Waals surface area contributed by atoms with E-state index in [1.54, 1.807) is 22.5 Å². The van der Waals surface area contributed by atoms with Crippen LogP contribution in [0.25, 0.3) is 0 Å². The van der Waals surface area contributed by atoms with Crippen molar-refractivity contribution in [3.8, 4) is 5.75 Å². The molecule has 1 fully saturated rings. The molecule has 23 heavy (non-hydrogen) atoms. The molecule has 3 rings (SSSR count). The molecule has 1 aromatic carbocycles. The summed E-state index contributed by atoms with van der Waals surface area (Å²) in [4.78, 5) is 26.2. The van der Waals surface area contributed by atoms with Gasteiger partial charge in [0.1, 0.15) is 11.3 Å². The third-order valence-electron chi connectivity index (χ3n) is 3.88. The molecule has 0 spiro atoms. The molecule has 120 valence electrons. The number of amides is 2. The van der Waals surface area contributed by atoms with E-state index in [4.69, 9.17) is 0 Å². The zero-order chi connectivity index (χ0) is 16.2. The number of nitrogens with zero attached hydrogens (tertiary/aromatic N) is 3. The maximum atomic E-state index is 12.4. The molecule has 8 heteroatoms. The predicted octanol–water partition coefficient (Wildman–Crippen LogP) is 2.37. The molecule has 0 atom stereocenters. The second kappa shape index (κ2) is 6.74. The Morgan fingerprint density at radius 2 is 1.91 bits per heavy atom. The molecule has 0 aliphatic carbocycles. The normalized spacial score (nSPS) is 15.4. The van der Waals surface area contributed by atoms with Gasteiger partial charge >= 0.3 is 6.03 Å². The van der Waals surface area contributed by atoms with Gasteiger partial charge in [-0.05, 0) is 37.1 Å². The molecule has 1 aromatic heterocycles. The zero-order valence-electron chi connectivity index (χ0n) is 12.3. The Labute approximate surface area is 137 Å². The first-order chi connectivity index (χ1) is 11.1. The molecule has 2 aromatic rings. The monoisotopic (exact) mass is 332 g/mol. The average Bonchev–Trinajstić information content (AvgIpc) is 3.08. The van der Waals surface area contributed by atoms with Crippen LogP contribution in [0.3, 0.4) is 0 Å². The van der Waals surface area contributed by atoms with Gasteiger partial charge in [0.25, 0.3) is 0 Å². The van der Waals surface area contributed by atoms with E-state index in [0.717, 1.165) is 0 Å². The molecule has 1 aliphatic heterocycles. The Morgan fingerprint density at radius 3 is 2.52 bits per heavy atom. The van der Waals surface area contributed by atoms with Gasteiger partial charge in [-0.2, -0.15) is 0 Å². The second-order valence-electron chi connectivity index (χ2n) is 5.35. The molecule has 0 bridgehead atoms. The summed E-state index contributed by atoms with van der Waals surface area (Å²) in [7, 11) is 0. The quantitative estimate of drug-likeness (QED) is 0.841. The molecule has 2 N–H and O–H groups in total. The van der Waals surface area contributed by atoms with Crippen LogP contribution in [0.4, 0.5) is 9.93 Å². The van der Waals surface area contributed by atoms with E-state index in [2.05, 4.69) is 15.5 Å². The van der Waals surface area contributed by atoms with Crippen LogP contribution >= 0.6 is 11.3 Å². The molecule has 1 saturated heterocycles. The van der Waals surface area contributed by atoms with Crippen LogP contribution in [0.15, 0.2) is 29.8 Å². The van der Waals surface area contributed by atoms with Crippen LogP contribution in [0.2, 0.25) is 0 Å². The van der Waals surface area contributed by atoms with E-state index in [1.807, 2.05) is 0 Å². The maximum Gasteiger partial charge on any atom is 0.323 e. The minimum atomic E-state index is -0.211. The molecular formula is C15H16N4O3S. The molecular weight excluding hydrogens is 316 g/mol. The Hall–Kier alpha value is -2.48. The van der Waals surface area contributed by atoms with Gasteiger partial charge in [0, 0.05) is 24.6 Å². The number of benzene rings is 1. The standard InChI is InChI=1S/C15H16N4O3S/c20-12-3-1-10(2-4-12)13(21)11-5-7-19(8-6-11)15(22)17-14-18-16-9-23-14/h1-4,9,11,20H,5-8H2,(H,17,18,22). The van der Waals surface area contributed by atoms with Gasteiger partial charge in [-0.25, -0.2) is 4.79 Å². The lowest BCUT2D eigenvalue weighted by molar-refractivity contribution is 0.0859. The zero-order valence-corrected chi connectivity index (χ0v) is 13.1. The summed E-state index contributed by atoms with van der Waals surface area (Å²) < 4.78 is 0. The fourth-order valence-electron chi connectivity index (χ4n) is 2.60. The molecule has 2 heterocycles. The van der Waals surface area contributed by atoms with Gasteiger partial charge in [0.15, 0.2) is 5.78 Å². The fraction of sp³-hybridized carbons (Fsp3) is 0.333. The Kier molecular flexibility index (Phi) is 4.52. The summed E-state index contributed by atoms with van der Waals surface area (Å²) in [6.07, 6.45) is 1.26. The average molecular weight is 332 g/mol.